The lowest BCUT2D eigenvalue weighted by molar-refractivity contribution is -0.384. The Labute approximate surface area is 182 Å². The second kappa shape index (κ2) is 8.99. The van der Waals surface area contributed by atoms with Gasteiger partial charge in [-0.25, -0.2) is 13.5 Å². The van der Waals surface area contributed by atoms with E-state index in [1.54, 1.807) is 48.7 Å². The third-order valence-electron chi connectivity index (χ3n) is 4.68. The molecule has 0 saturated heterocycles. The lowest BCUT2D eigenvalue weighted by Gasteiger charge is -2.22. The van der Waals surface area contributed by atoms with Crippen LogP contribution in [0.2, 0.25) is 0 Å². The Bertz CT molecular complexity index is 1290. The number of hydrogen-bond acceptors (Lipinski definition) is 8. The zero-order chi connectivity index (χ0) is 22.6. The van der Waals surface area contributed by atoms with E-state index in [4.69, 9.17) is 0 Å². The Morgan fingerprint density at radius 3 is 2.31 bits per heavy atom. The van der Waals surface area contributed by atoms with Gasteiger partial charge in [-0.2, -0.15) is 4.31 Å². The van der Waals surface area contributed by atoms with Crippen LogP contribution in [0.5, 0.6) is 0 Å². The number of hydrogen-bond donors (Lipinski definition) is 1. The van der Waals surface area contributed by atoms with E-state index in [2.05, 4.69) is 25.6 Å². The molecule has 0 amide bonds. The quantitative estimate of drug-likeness (QED) is 0.317. The van der Waals surface area contributed by atoms with Gasteiger partial charge < -0.3 is 0 Å². The van der Waals surface area contributed by atoms with Crippen molar-refractivity contribution in [2.75, 3.05) is 0 Å². The minimum Gasteiger partial charge on any atom is -0.260 e. The molecule has 1 N–H and O–H groups in total. The molecule has 2 heterocycles. The number of non-ortho nitro benzene ring substituents is 1. The third kappa shape index (κ3) is 4.66. The number of aromatic nitrogens is 5. The highest BCUT2D eigenvalue weighted by Crippen LogP contribution is 2.24. The summed E-state index contributed by atoms with van der Waals surface area (Å²) in [5.74, 6) is 0.500. The second-order valence-electron chi connectivity index (χ2n) is 6.79. The lowest BCUT2D eigenvalue weighted by atomic mass is 10.1. The van der Waals surface area contributed by atoms with Crippen molar-refractivity contribution >= 4 is 15.7 Å². The predicted octanol–water partition coefficient (Wildman–Crippen LogP) is 2.56. The lowest BCUT2D eigenvalue weighted by Crippen LogP contribution is -2.30. The van der Waals surface area contributed by atoms with Crippen LogP contribution in [0.4, 0.5) is 5.69 Å². The fourth-order valence-electron chi connectivity index (χ4n) is 3.04. The minimum atomic E-state index is -3.96. The van der Waals surface area contributed by atoms with E-state index in [1.165, 1.54) is 28.6 Å². The van der Waals surface area contributed by atoms with Crippen molar-refractivity contribution in [3.05, 3.63) is 94.3 Å². The minimum absolute atomic E-state index is 0.0357. The van der Waals surface area contributed by atoms with Crippen LogP contribution in [0.15, 0.2) is 77.8 Å². The summed E-state index contributed by atoms with van der Waals surface area (Å²) in [7, 11) is -3.96. The monoisotopic (exact) mass is 451 g/mol. The van der Waals surface area contributed by atoms with Gasteiger partial charge in [0.25, 0.3) is 5.69 Å². The Morgan fingerprint density at radius 1 is 0.969 bits per heavy atom. The number of tetrazole rings is 1. The molecule has 0 unspecified atom stereocenters. The van der Waals surface area contributed by atoms with Crippen LogP contribution in [-0.4, -0.2) is 43.3 Å². The Balaban J connectivity index is 1.64. The van der Waals surface area contributed by atoms with Crippen LogP contribution in [0.25, 0.3) is 11.4 Å². The van der Waals surface area contributed by atoms with E-state index >= 15 is 0 Å². The molecule has 2 aromatic heterocycles. The number of aromatic amines is 1. The van der Waals surface area contributed by atoms with E-state index in [0.29, 0.717) is 11.5 Å². The fourth-order valence-corrected chi connectivity index (χ4v) is 4.44. The summed E-state index contributed by atoms with van der Waals surface area (Å²) in [6.45, 7) is 0.110. The summed E-state index contributed by atoms with van der Waals surface area (Å²) in [6.07, 6.45) is 1.59. The maximum atomic E-state index is 13.4. The molecule has 162 valence electrons. The first-order chi connectivity index (χ1) is 15.4. The molecule has 4 aromatic rings. The SMILES string of the molecule is O=[N+]([O-])c1ccc(S(=O)(=O)N(Cc2ccc(-c3nnn[nH]3)cc2)Cc2ccccn2)cc1. The van der Waals surface area contributed by atoms with Gasteiger partial charge in [0.15, 0.2) is 5.82 Å². The van der Waals surface area contributed by atoms with Crippen molar-refractivity contribution in [2.24, 2.45) is 0 Å². The van der Waals surface area contributed by atoms with Crippen molar-refractivity contribution in [3.8, 4) is 11.4 Å². The molecule has 0 aliphatic carbocycles. The van der Waals surface area contributed by atoms with Gasteiger partial charge in [0.05, 0.1) is 22.1 Å². The molecule has 12 heteroatoms. The zero-order valence-electron chi connectivity index (χ0n) is 16.6. The molecule has 0 aliphatic rings. The molecule has 11 nitrogen and oxygen atoms in total. The molecule has 0 fully saturated rings. The Hall–Kier alpha value is -4.03. The number of nitrogens with zero attached hydrogens (tertiary/aromatic N) is 6. The summed E-state index contributed by atoms with van der Waals surface area (Å²) < 4.78 is 28.0. The highest BCUT2D eigenvalue weighted by Gasteiger charge is 2.26. The molecule has 0 aliphatic heterocycles. The van der Waals surface area contributed by atoms with Crippen molar-refractivity contribution in [3.63, 3.8) is 0 Å². The van der Waals surface area contributed by atoms with E-state index in [9.17, 15) is 18.5 Å². The van der Waals surface area contributed by atoms with E-state index in [1.807, 2.05) is 0 Å². The predicted molar refractivity (Wildman–Crippen MR) is 113 cm³/mol. The standard InChI is InChI=1S/C20H17N7O4S/c28-27(29)18-8-10-19(11-9-18)32(30,31)26(14-17-3-1-2-12-21-17)13-15-4-6-16(7-5-15)20-22-24-25-23-20/h1-12H,13-14H2,(H,22,23,24,25). The molecule has 0 saturated carbocycles. The number of sulfonamides is 1. The van der Waals surface area contributed by atoms with Crippen LogP contribution < -0.4 is 0 Å². The average Bonchev–Trinajstić information content (AvgIpc) is 3.35. The average molecular weight is 451 g/mol. The molecule has 0 radical (unpaired) electrons. The topological polar surface area (TPSA) is 148 Å². The van der Waals surface area contributed by atoms with Gasteiger partial charge in [0.1, 0.15) is 0 Å². The Kier molecular flexibility index (Phi) is 5.96. The first kappa shape index (κ1) is 21.2. The highest BCUT2D eigenvalue weighted by atomic mass is 32.2. The van der Waals surface area contributed by atoms with Crippen molar-refractivity contribution < 1.29 is 13.3 Å². The molecule has 32 heavy (non-hydrogen) atoms. The smallest absolute Gasteiger partial charge is 0.260 e. The summed E-state index contributed by atoms with van der Waals surface area (Å²) in [4.78, 5) is 14.5. The maximum absolute atomic E-state index is 13.4. The van der Waals surface area contributed by atoms with E-state index in [-0.39, 0.29) is 23.7 Å². The first-order valence-corrected chi connectivity index (χ1v) is 10.8. The van der Waals surface area contributed by atoms with Crippen molar-refractivity contribution in [1.82, 2.24) is 29.9 Å². The maximum Gasteiger partial charge on any atom is 0.269 e. The molecule has 2 aromatic carbocycles. The summed E-state index contributed by atoms with van der Waals surface area (Å²) in [6, 6.07) is 17.2. The van der Waals surface area contributed by atoms with Gasteiger partial charge in [-0.3, -0.25) is 15.1 Å². The second-order valence-corrected chi connectivity index (χ2v) is 8.73. The van der Waals surface area contributed by atoms with Crippen LogP contribution in [0, 0.1) is 10.1 Å². The van der Waals surface area contributed by atoms with Gasteiger partial charge in [-0.15, -0.1) is 5.10 Å². The van der Waals surface area contributed by atoms with E-state index in [0.717, 1.165) is 11.1 Å². The zero-order valence-corrected chi connectivity index (χ0v) is 17.4. The first-order valence-electron chi connectivity index (χ1n) is 9.41. The largest absolute Gasteiger partial charge is 0.269 e. The number of pyridine rings is 1. The van der Waals surface area contributed by atoms with E-state index < -0.39 is 14.9 Å². The fraction of sp³-hybridized carbons (Fsp3) is 0.100. The van der Waals surface area contributed by atoms with Gasteiger partial charge in [0.2, 0.25) is 10.0 Å². The summed E-state index contributed by atoms with van der Waals surface area (Å²) >= 11 is 0. The van der Waals surface area contributed by atoms with Gasteiger partial charge in [-0.05, 0) is 40.3 Å². The number of nitrogens with one attached hydrogen (secondary N) is 1. The van der Waals surface area contributed by atoms with Crippen molar-refractivity contribution in [2.45, 2.75) is 18.0 Å². The van der Waals surface area contributed by atoms with Crippen LogP contribution in [-0.2, 0) is 23.1 Å². The molecular weight excluding hydrogens is 434 g/mol. The number of nitro benzene ring substituents is 1. The number of H-pyrrole nitrogens is 1. The number of nitro groups is 1. The van der Waals surface area contributed by atoms with Crippen LogP contribution in [0.1, 0.15) is 11.3 Å². The molecular formula is C20H17N7O4S. The normalized spacial score (nSPS) is 11.5. The highest BCUT2D eigenvalue weighted by molar-refractivity contribution is 7.89. The van der Waals surface area contributed by atoms with Gasteiger partial charge in [0, 0.05) is 30.4 Å². The third-order valence-corrected chi connectivity index (χ3v) is 6.49. The van der Waals surface area contributed by atoms with Crippen LogP contribution in [0.3, 0.4) is 0 Å². The molecule has 0 atom stereocenters. The molecule has 0 spiro atoms. The van der Waals surface area contributed by atoms with Crippen molar-refractivity contribution in [1.29, 1.82) is 0 Å². The van der Waals surface area contributed by atoms with Crippen LogP contribution >= 0.6 is 0 Å². The summed E-state index contributed by atoms with van der Waals surface area (Å²) in [5.41, 5.74) is 1.89. The van der Waals surface area contributed by atoms with Gasteiger partial charge in [-0.1, -0.05) is 30.3 Å². The summed E-state index contributed by atoms with van der Waals surface area (Å²) in [5, 5.41) is 24.5. The van der Waals surface area contributed by atoms with Gasteiger partial charge >= 0.3 is 0 Å². The molecule has 0 bridgehead atoms. The molecule has 4 rings (SSSR count). The Morgan fingerprint density at radius 2 is 1.72 bits per heavy atom. The number of rotatable bonds is 8. The number of benzene rings is 2.